The van der Waals surface area contributed by atoms with Crippen molar-refractivity contribution in [1.82, 2.24) is 19.4 Å². The molecule has 0 bridgehead atoms. The van der Waals surface area contributed by atoms with Gasteiger partial charge in [0.25, 0.3) is 5.88 Å². The average Bonchev–Trinajstić information content (AvgIpc) is 3.18. The maximum Gasteiger partial charge on any atom is 0.356 e. The largest absolute Gasteiger partial charge is 0.484 e. The van der Waals surface area contributed by atoms with Crippen molar-refractivity contribution in [3.63, 3.8) is 0 Å². The number of pyridine rings is 1. The van der Waals surface area contributed by atoms with E-state index in [0.29, 0.717) is 24.8 Å². The fourth-order valence-electron chi connectivity index (χ4n) is 3.71. The van der Waals surface area contributed by atoms with E-state index in [0.717, 1.165) is 31.0 Å². The summed E-state index contributed by atoms with van der Waals surface area (Å²) in [4.78, 5) is 21.8. The number of carbonyl (C=O) groups is 1. The first-order valence-corrected chi connectivity index (χ1v) is 9.51. The summed E-state index contributed by atoms with van der Waals surface area (Å²) < 4.78 is 13.6. The number of hydrogen-bond acceptors (Lipinski definition) is 6. The van der Waals surface area contributed by atoms with Crippen LogP contribution in [0.2, 0.25) is 0 Å². The highest BCUT2D eigenvalue weighted by atomic mass is 16.6. The van der Waals surface area contributed by atoms with Crippen molar-refractivity contribution in [2.75, 3.05) is 13.2 Å². The van der Waals surface area contributed by atoms with Gasteiger partial charge in [-0.05, 0) is 23.3 Å². The van der Waals surface area contributed by atoms with Crippen molar-refractivity contribution < 1.29 is 19.4 Å². The van der Waals surface area contributed by atoms with Crippen molar-refractivity contribution in [1.29, 1.82) is 0 Å². The van der Waals surface area contributed by atoms with Crippen LogP contribution in [0.4, 0.5) is 0 Å². The Hall–Kier alpha value is -3.39. The number of fused-ring (bicyclic) bond motifs is 2. The van der Waals surface area contributed by atoms with Crippen LogP contribution in [0.25, 0.3) is 0 Å². The molecular formula is C21H20N4O4. The lowest BCUT2D eigenvalue weighted by Crippen LogP contribution is -2.33. The van der Waals surface area contributed by atoms with Crippen molar-refractivity contribution in [3.8, 4) is 11.6 Å². The van der Waals surface area contributed by atoms with Gasteiger partial charge in [0.2, 0.25) is 0 Å². The third-order valence-corrected chi connectivity index (χ3v) is 5.24. The molecule has 0 fully saturated rings. The van der Waals surface area contributed by atoms with Crippen LogP contribution in [0.1, 0.15) is 33.5 Å². The molecule has 2 aromatic heterocycles. The number of aromatic carboxylic acids is 1. The van der Waals surface area contributed by atoms with Gasteiger partial charge in [0.15, 0.2) is 17.5 Å². The summed E-state index contributed by atoms with van der Waals surface area (Å²) in [5.74, 6) is 1.01. The van der Waals surface area contributed by atoms with Crippen LogP contribution in [0, 0.1) is 0 Å². The van der Waals surface area contributed by atoms with Gasteiger partial charge in [0, 0.05) is 32.0 Å². The van der Waals surface area contributed by atoms with Crippen LogP contribution in [-0.2, 0) is 19.6 Å². The van der Waals surface area contributed by atoms with Crippen molar-refractivity contribution in [2.24, 2.45) is 0 Å². The van der Waals surface area contributed by atoms with E-state index in [1.54, 1.807) is 12.4 Å². The molecule has 0 saturated heterocycles. The van der Waals surface area contributed by atoms with Gasteiger partial charge in [-0.1, -0.05) is 24.3 Å². The SMILES string of the molecule is O=C(O)c1cn2c(n1)CN(Cc1ccc(C3COc4cccnc4O3)cc1)CC2. The van der Waals surface area contributed by atoms with Crippen molar-refractivity contribution >= 4 is 5.97 Å². The van der Waals surface area contributed by atoms with E-state index in [2.05, 4.69) is 39.1 Å². The summed E-state index contributed by atoms with van der Waals surface area (Å²) in [5.41, 5.74) is 2.34. The van der Waals surface area contributed by atoms with Crippen LogP contribution in [0.5, 0.6) is 11.6 Å². The molecule has 1 atom stereocenters. The number of benzene rings is 1. The molecule has 29 heavy (non-hydrogen) atoms. The van der Waals surface area contributed by atoms with Gasteiger partial charge in [-0.15, -0.1) is 0 Å². The predicted octanol–water partition coefficient (Wildman–Crippen LogP) is 2.50. The van der Waals surface area contributed by atoms with Gasteiger partial charge < -0.3 is 19.1 Å². The molecule has 0 amide bonds. The Labute approximate surface area is 167 Å². The Kier molecular flexibility index (Phi) is 4.40. The van der Waals surface area contributed by atoms with Gasteiger partial charge in [0.05, 0.1) is 6.54 Å². The lowest BCUT2D eigenvalue weighted by molar-refractivity contribution is 0.0690. The number of carboxylic acids is 1. The third kappa shape index (κ3) is 3.54. The molecule has 2 aliphatic rings. The van der Waals surface area contributed by atoms with Gasteiger partial charge in [-0.3, -0.25) is 4.90 Å². The maximum absolute atomic E-state index is 11.1. The molecule has 148 valence electrons. The van der Waals surface area contributed by atoms with E-state index in [1.807, 2.05) is 16.7 Å². The summed E-state index contributed by atoms with van der Waals surface area (Å²) in [6.07, 6.45) is 3.13. The first-order valence-electron chi connectivity index (χ1n) is 9.51. The molecule has 1 N–H and O–H groups in total. The number of aromatic nitrogens is 3. The maximum atomic E-state index is 11.1. The Morgan fingerprint density at radius 1 is 1.21 bits per heavy atom. The number of carboxylic acid groups (broad SMARTS) is 1. The Bertz CT molecular complexity index is 1050. The van der Waals surface area contributed by atoms with Crippen LogP contribution < -0.4 is 9.47 Å². The van der Waals surface area contributed by atoms with Gasteiger partial charge in [-0.25, -0.2) is 14.8 Å². The quantitative estimate of drug-likeness (QED) is 0.730. The monoisotopic (exact) mass is 392 g/mol. The van der Waals surface area contributed by atoms with Crippen LogP contribution in [0.3, 0.4) is 0 Å². The number of imidazole rings is 1. The van der Waals surface area contributed by atoms with E-state index in [-0.39, 0.29) is 11.8 Å². The highest BCUT2D eigenvalue weighted by molar-refractivity contribution is 5.85. The molecule has 4 heterocycles. The lowest BCUT2D eigenvalue weighted by atomic mass is 10.1. The second kappa shape index (κ2) is 7.21. The third-order valence-electron chi connectivity index (χ3n) is 5.24. The molecule has 0 spiro atoms. The summed E-state index contributed by atoms with van der Waals surface area (Å²) in [6, 6.07) is 12.0. The molecule has 1 aromatic carbocycles. The molecule has 3 aromatic rings. The number of ether oxygens (including phenoxy) is 2. The Morgan fingerprint density at radius 2 is 2.07 bits per heavy atom. The van der Waals surface area contributed by atoms with E-state index in [9.17, 15) is 4.79 Å². The highest BCUT2D eigenvalue weighted by Crippen LogP contribution is 2.34. The van der Waals surface area contributed by atoms with Crippen LogP contribution in [-0.4, -0.2) is 43.7 Å². The predicted molar refractivity (Wildman–Crippen MR) is 103 cm³/mol. The average molecular weight is 392 g/mol. The molecular weight excluding hydrogens is 372 g/mol. The Balaban J connectivity index is 1.24. The molecule has 8 nitrogen and oxygen atoms in total. The van der Waals surface area contributed by atoms with E-state index >= 15 is 0 Å². The standard InChI is InChI=1S/C21H20N4O4/c26-21(27)16-11-25-9-8-24(12-19(25)23-16)10-14-3-5-15(6-4-14)18-13-28-17-2-1-7-22-20(17)29-18/h1-7,11,18H,8-10,12-13H2,(H,26,27). The molecule has 8 heteroatoms. The molecule has 0 saturated carbocycles. The lowest BCUT2D eigenvalue weighted by Gasteiger charge is -2.28. The second-order valence-electron chi connectivity index (χ2n) is 7.22. The fourth-order valence-corrected chi connectivity index (χ4v) is 3.71. The minimum absolute atomic E-state index is 0.108. The summed E-state index contributed by atoms with van der Waals surface area (Å²) in [5, 5.41) is 9.11. The van der Waals surface area contributed by atoms with Crippen LogP contribution in [0.15, 0.2) is 48.8 Å². The summed E-state index contributed by atoms with van der Waals surface area (Å²) in [6.45, 7) is 3.47. The number of hydrogen-bond donors (Lipinski definition) is 1. The normalized spacial score (nSPS) is 18.3. The van der Waals surface area contributed by atoms with Crippen LogP contribution >= 0.6 is 0 Å². The minimum atomic E-state index is -0.985. The van der Waals surface area contributed by atoms with Gasteiger partial charge in [-0.2, -0.15) is 0 Å². The zero-order valence-electron chi connectivity index (χ0n) is 15.7. The zero-order chi connectivity index (χ0) is 19.8. The van der Waals surface area contributed by atoms with E-state index in [1.165, 1.54) is 5.56 Å². The summed E-state index contributed by atoms with van der Waals surface area (Å²) >= 11 is 0. The molecule has 2 aliphatic heterocycles. The van der Waals surface area contributed by atoms with E-state index < -0.39 is 5.97 Å². The summed E-state index contributed by atoms with van der Waals surface area (Å²) in [7, 11) is 0. The molecule has 0 aliphatic carbocycles. The molecule has 1 unspecified atom stereocenters. The fraction of sp³-hybridized carbons (Fsp3) is 0.286. The van der Waals surface area contributed by atoms with Gasteiger partial charge >= 0.3 is 5.97 Å². The number of rotatable bonds is 4. The first-order chi connectivity index (χ1) is 14.2. The first kappa shape index (κ1) is 17.7. The zero-order valence-corrected chi connectivity index (χ0v) is 15.7. The van der Waals surface area contributed by atoms with Crippen molar-refractivity contribution in [2.45, 2.75) is 25.7 Å². The minimum Gasteiger partial charge on any atom is -0.484 e. The number of nitrogens with zero attached hydrogens (tertiary/aromatic N) is 4. The highest BCUT2D eigenvalue weighted by Gasteiger charge is 2.24. The Morgan fingerprint density at radius 3 is 2.90 bits per heavy atom. The molecule has 5 rings (SSSR count). The van der Waals surface area contributed by atoms with E-state index in [4.69, 9.17) is 14.6 Å². The van der Waals surface area contributed by atoms with Crippen molar-refractivity contribution in [3.05, 3.63) is 71.4 Å². The topological polar surface area (TPSA) is 89.7 Å². The smallest absolute Gasteiger partial charge is 0.356 e. The second-order valence-corrected chi connectivity index (χ2v) is 7.22. The van der Waals surface area contributed by atoms with Gasteiger partial charge in [0.1, 0.15) is 12.4 Å². The molecule has 0 radical (unpaired) electrons.